The van der Waals surface area contributed by atoms with Gasteiger partial charge in [-0.2, -0.15) is 9.50 Å². The number of anilines is 1. The Kier molecular flexibility index (Phi) is 5.50. The number of halogens is 2. The minimum absolute atomic E-state index is 0.226. The largest absolute Gasteiger partial charge is 0.485 e. The van der Waals surface area contributed by atoms with Crippen molar-refractivity contribution in [2.45, 2.75) is 12.6 Å². The second-order valence-corrected chi connectivity index (χ2v) is 11.1. The number of carbonyl (C=O) groups is 1. The van der Waals surface area contributed by atoms with Gasteiger partial charge in [0.25, 0.3) is 11.5 Å². The molecule has 0 spiro atoms. The van der Waals surface area contributed by atoms with Crippen LogP contribution < -0.4 is 24.5 Å². The number of nitrogens with zero attached hydrogens (tertiary/aromatic N) is 4. The number of amides is 1. The predicted molar refractivity (Wildman–Crippen MR) is 147 cm³/mol. The topological polar surface area (TPSA) is 86.0 Å². The highest BCUT2D eigenvalue weighted by Crippen LogP contribution is 2.39. The average Bonchev–Trinajstić information content (AvgIpc) is 3.55. The summed E-state index contributed by atoms with van der Waals surface area (Å²) in [5.74, 6) is 1.32. The van der Waals surface area contributed by atoms with Gasteiger partial charge in [0.2, 0.25) is 4.96 Å². The fourth-order valence-electron chi connectivity index (χ4n) is 4.66. The lowest BCUT2D eigenvalue weighted by atomic mass is 10.1. The van der Waals surface area contributed by atoms with Crippen LogP contribution in [0.5, 0.6) is 11.5 Å². The van der Waals surface area contributed by atoms with Crippen molar-refractivity contribution in [1.29, 1.82) is 0 Å². The summed E-state index contributed by atoms with van der Waals surface area (Å²) in [6.07, 6.45) is -0.552. The van der Waals surface area contributed by atoms with Gasteiger partial charge in [-0.1, -0.05) is 69.2 Å². The van der Waals surface area contributed by atoms with Crippen LogP contribution in [0.2, 0.25) is 5.02 Å². The Balaban J connectivity index is 1.32. The minimum Gasteiger partial charge on any atom is -0.485 e. The number of carbonyl (C=O) groups excluding carboxylic acids is 1. The lowest BCUT2D eigenvalue weighted by molar-refractivity contribution is -0.113. The standard InChI is InChI=1S/C27H16BrClN4O4S/c28-15-9-10-18-16(11-15)22(25(34)32(18)12-14-5-1-2-6-17(14)29)23-26(35)33-27(38-23)30-24(31-33)21-13-36-19-7-3-4-8-20(19)37-21/h1-11,21H,12-13H2/b23-22-. The minimum atomic E-state index is -0.552. The van der Waals surface area contributed by atoms with Crippen LogP contribution in [-0.2, 0) is 11.3 Å². The number of para-hydroxylation sites is 2. The molecule has 3 aromatic carbocycles. The fraction of sp³-hybridized carbons (Fsp3) is 0.111. The molecule has 0 radical (unpaired) electrons. The first kappa shape index (κ1) is 23.4. The zero-order valence-electron chi connectivity index (χ0n) is 19.4. The third-order valence-electron chi connectivity index (χ3n) is 6.46. The van der Waals surface area contributed by atoms with E-state index < -0.39 is 11.7 Å². The van der Waals surface area contributed by atoms with Crippen LogP contribution in [0.25, 0.3) is 10.5 Å². The molecule has 7 rings (SSSR count). The van der Waals surface area contributed by atoms with Crippen molar-refractivity contribution in [3.05, 3.63) is 108 Å². The van der Waals surface area contributed by atoms with Crippen molar-refractivity contribution < 1.29 is 14.3 Å². The molecular formula is C27H16BrClN4O4S. The lowest BCUT2D eigenvalue weighted by Crippen LogP contribution is -2.32. The normalized spacial score (nSPS) is 17.8. The number of aromatic nitrogens is 3. The molecule has 1 unspecified atom stereocenters. The Morgan fingerprint density at radius 3 is 2.66 bits per heavy atom. The Morgan fingerprint density at radius 1 is 1.05 bits per heavy atom. The molecule has 2 aliphatic heterocycles. The number of benzene rings is 3. The van der Waals surface area contributed by atoms with Gasteiger partial charge in [0.1, 0.15) is 11.1 Å². The number of rotatable bonds is 3. The Hall–Kier alpha value is -3.73. The summed E-state index contributed by atoms with van der Waals surface area (Å²) in [4.78, 5) is 33.9. The molecule has 0 saturated carbocycles. The molecule has 2 aromatic heterocycles. The Bertz CT molecular complexity index is 1890. The molecule has 4 heterocycles. The SMILES string of the molecule is O=C1/C(=c2\sc3nc(C4COc5ccccc5O4)nn3c2=O)c2cc(Br)ccc2N1Cc1ccccc1Cl. The van der Waals surface area contributed by atoms with E-state index in [9.17, 15) is 9.59 Å². The second kappa shape index (κ2) is 8.93. The van der Waals surface area contributed by atoms with Crippen molar-refractivity contribution in [2.75, 3.05) is 11.5 Å². The van der Waals surface area contributed by atoms with Gasteiger partial charge in [-0.3, -0.25) is 9.59 Å². The third-order valence-corrected chi connectivity index (χ3v) is 8.35. The first-order chi connectivity index (χ1) is 18.5. The maximum Gasteiger partial charge on any atom is 0.291 e. The smallest absolute Gasteiger partial charge is 0.291 e. The van der Waals surface area contributed by atoms with Gasteiger partial charge in [0, 0.05) is 15.1 Å². The van der Waals surface area contributed by atoms with E-state index in [1.54, 1.807) is 11.0 Å². The molecule has 5 aromatic rings. The Labute approximate surface area is 232 Å². The van der Waals surface area contributed by atoms with E-state index in [4.69, 9.17) is 21.1 Å². The molecule has 0 fully saturated rings. The van der Waals surface area contributed by atoms with Crippen molar-refractivity contribution in [3.63, 3.8) is 0 Å². The molecule has 0 saturated heterocycles. The summed E-state index contributed by atoms with van der Waals surface area (Å²) in [6.45, 7) is 0.500. The van der Waals surface area contributed by atoms with Gasteiger partial charge in [0.15, 0.2) is 23.4 Å². The number of hydrogen-bond acceptors (Lipinski definition) is 7. The number of thiazole rings is 1. The lowest BCUT2D eigenvalue weighted by Gasteiger charge is -2.24. The van der Waals surface area contributed by atoms with Crippen molar-refractivity contribution in [3.8, 4) is 11.5 Å². The monoisotopic (exact) mass is 606 g/mol. The molecule has 1 atom stereocenters. The zero-order valence-corrected chi connectivity index (χ0v) is 22.6. The molecule has 38 heavy (non-hydrogen) atoms. The van der Waals surface area contributed by atoms with E-state index in [1.807, 2.05) is 60.7 Å². The van der Waals surface area contributed by atoms with Gasteiger partial charge in [-0.15, -0.1) is 5.10 Å². The highest BCUT2D eigenvalue weighted by Gasteiger charge is 2.35. The predicted octanol–water partition coefficient (Wildman–Crippen LogP) is 4.54. The number of ether oxygens (including phenoxy) is 2. The summed E-state index contributed by atoms with van der Waals surface area (Å²) < 4.78 is 14.1. The third kappa shape index (κ3) is 3.71. The fourth-order valence-corrected chi connectivity index (χ4v) is 6.22. The maximum atomic E-state index is 13.8. The van der Waals surface area contributed by atoms with E-state index in [2.05, 4.69) is 26.0 Å². The summed E-state index contributed by atoms with van der Waals surface area (Å²) in [6, 6.07) is 20.3. The van der Waals surface area contributed by atoms with E-state index in [1.165, 1.54) is 4.52 Å². The van der Waals surface area contributed by atoms with Crippen LogP contribution >= 0.6 is 38.9 Å². The van der Waals surface area contributed by atoms with Gasteiger partial charge >= 0.3 is 0 Å². The summed E-state index contributed by atoms with van der Waals surface area (Å²) in [5.41, 5.74) is 2.10. The van der Waals surface area contributed by atoms with Gasteiger partial charge in [-0.05, 0) is 42.0 Å². The molecule has 0 N–H and O–H groups in total. The summed E-state index contributed by atoms with van der Waals surface area (Å²) in [7, 11) is 0. The van der Waals surface area contributed by atoms with Crippen molar-refractivity contribution in [2.24, 2.45) is 0 Å². The first-order valence-corrected chi connectivity index (χ1v) is 13.6. The summed E-state index contributed by atoms with van der Waals surface area (Å²) >= 11 is 11.0. The zero-order chi connectivity index (χ0) is 26.0. The van der Waals surface area contributed by atoms with Crippen molar-refractivity contribution >= 4 is 61.0 Å². The molecule has 8 nitrogen and oxygen atoms in total. The molecule has 1 amide bonds. The van der Waals surface area contributed by atoms with Crippen LogP contribution in [0.3, 0.4) is 0 Å². The van der Waals surface area contributed by atoms with Crippen LogP contribution in [-0.4, -0.2) is 27.1 Å². The van der Waals surface area contributed by atoms with Crippen LogP contribution in [0.15, 0.2) is 76.0 Å². The maximum absolute atomic E-state index is 13.8. The van der Waals surface area contributed by atoms with Crippen LogP contribution in [0.1, 0.15) is 23.1 Å². The molecule has 0 aliphatic carbocycles. The molecular weight excluding hydrogens is 592 g/mol. The van der Waals surface area contributed by atoms with Crippen LogP contribution in [0.4, 0.5) is 5.69 Å². The molecule has 188 valence electrons. The van der Waals surface area contributed by atoms with E-state index in [0.29, 0.717) is 44.1 Å². The highest BCUT2D eigenvalue weighted by molar-refractivity contribution is 9.10. The van der Waals surface area contributed by atoms with E-state index in [-0.39, 0.29) is 23.6 Å². The quantitative estimate of drug-likeness (QED) is 0.299. The van der Waals surface area contributed by atoms with Crippen LogP contribution in [0, 0.1) is 0 Å². The van der Waals surface area contributed by atoms with E-state index in [0.717, 1.165) is 21.4 Å². The van der Waals surface area contributed by atoms with Gasteiger partial charge < -0.3 is 14.4 Å². The average molecular weight is 608 g/mol. The number of hydrogen-bond donors (Lipinski definition) is 0. The first-order valence-electron chi connectivity index (χ1n) is 11.7. The Morgan fingerprint density at radius 2 is 1.84 bits per heavy atom. The second-order valence-electron chi connectivity index (χ2n) is 8.78. The van der Waals surface area contributed by atoms with Crippen molar-refractivity contribution in [1.82, 2.24) is 14.6 Å². The van der Waals surface area contributed by atoms with E-state index >= 15 is 0 Å². The van der Waals surface area contributed by atoms with Gasteiger partial charge in [-0.25, -0.2) is 0 Å². The molecule has 11 heteroatoms. The molecule has 2 aliphatic rings. The summed E-state index contributed by atoms with van der Waals surface area (Å²) in [5, 5.41) is 5.00. The molecule has 0 bridgehead atoms. The number of fused-ring (bicyclic) bond motifs is 3. The highest BCUT2D eigenvalue weighted by atomic mass is 79.9. The van der Waals surface area contributed by atoms with Gasteiger partial charge in [0.05, 0.1) is 17.8 Å².